The van der Waals surface area contributed by atoms with Gasteiger partial charge in [-0.15, -0.1) is 11.3 Å². The van der Waals surface area contributed by atoms with Gasteiger partial charge < -0.3 is 10.1 Å². The minimum Gasteiger partial charge on any atom is -0.368 e. The number of hydrogen-bond donors (Lipinski definition) is 1. The Bertz CT molecular complexity index is 398. The molecule has 2 heterocycles. The summed E-state index contributed by atoms with van der Waals surface area (Å²) in [6.07, 6.45) is 2.64. The third kappa shape index (κ3) is 2.26. The van der Waals surface area contributed by atoms with Crippen molar-refractivity contribution in [2.75, 3.05) is 19.7 Å². The van der Waals surface area contributed by atoms with Gasteiger partial charge in [-0.05, 0) is 24.7 Å². The fourth-order valence-corrected chi connectivity index (χ4v) is 4.11. The molecule has 0 saturated carbocycles. The van der Waals surface area contributed by atoms with E-state index in [1.54, 1.807) is 0 Å². The van der Waals surface area contributed by atoms with Crippen LogP contribution in [0.5, 0.6) is 0 Å². The summed E-state index contributed by atoms with van der Waals surface area (Å²) >= 11 is 1.88. The van der Waals surface area contributed by atoms with Crippen molar-refractivity contribution in [3.8, 4) is 0 Å². The van der Waals surface area contributed by atoms with Crippen molar-refractivity contribution in [3.05, 3.63) is 15.6 Å². The zero-order valence-electron chi connectivity index (χ0n) is 10.5. The predicted octanol–water partition coefficient (Wildman–Crippen LogP) is 2.49. The number of fused-ring (bicyclic) bond motifs is 1. The molecule has 3 atom stereocenters. The highest BCUT2D eigenvalue weighted by atomic mass is 32.1. The van der Waals surface area contributed by atoms with Crippen LogP contribution in [-0.4, -0.2) is 24.7 Å². The Labute approximate surface area is 107 Å². The van der Waals surface area contributed by atoms with Gasteiger partial charge in [-0.25, -0.2) is 4.98 Å². The van der Waals surface area contributed by atoms with E-state index in [2.05, 4.69) is 19.2 Å². The highest BCUT2D eigenvalue weighted by Gasteiger charge is 2.28. The molecule has 1 saturated heterocycles. The lowest BCUT2D eigenvalue weighted by molar-refractivity contribution is 0.0274. The van der Waals surface area contributed by atoms with Crippen molar-refractivity contribution >= 4 is 11.3 Å². The molecule has 1 fully saturated rings. The van der Waals surface area contributed by atoms with Crippen LogP contribution >= 0.6 is 11.3 Å². The average Bonchev–Trinajstić information content (AvgIpc) is 2.74. The zero-order valence-corrected chi connectivity index (χ0v) is 11.3. The molecule has 1 aliphatic carbocycles. The largest absolute Gasteiger partial charge is 0.368 e. The van der Waals surface area contributed by atoms with E-state index in [1.807, 2.05) is 11.3 Å². The zero-order chi connectivity index (χ0) is 11.8. The Balaban J connectivity index is 1.85. The van der Waals surface area contributed by atoms with Gasteiger partial charge >= 0.3 is 0 Å². The maximum Gasteiger partial charge on any atom is 0.123 e. The van der Waals surface area contributed by atoms with Crippen molar-refractivity contribution in [3.63, 3.8) is 0 Å². The van der Waals surface area contributed by atoms with E-state index >= 15 is 0 Å². The Morgan fingerprint density at radius 3 is 3.06 bits per heavy atom. The lowest BCUT2D eigenvalue weighted by Gasteiger charge is -2.22. The van der Waals surface area contributed by atoms with Gasteiger partial charge in [0, 0.05) is 18.0 Å². The van der Waals surface area contributed by atoms with Crippen molar-refractivity contribution in [1.82, 2.24) is 10.3 Å². The number of nitrogens with zero attached hydrogens (tertiary/aromatic N) is 1. The van der Waals surface area contributed by atoms with Crippen LogP contribution in [0.25, 0.3) is 0 Å². The highest BCUT2D eigenvalue weighted by Crippen LogP contribution is 2.39. The van der Waals surface area contributed by atoms with Crippen LogP contribution in [-0.2, 0) is 11.2 Å². The molecule has 17 heavy (non-hydrogen) atoms. The first-order valence-corrected chi connectivity index (χ1v) is 7.37. The first kappa shape index (κ1) is 11.6. The SMILES string of the molecule is CC1Cc2nc(C3CNCCO3)sc2C(C)C1. The second-order valence-corrected chi connectivity index (χ2v) is 6.43. The lowest BCUT2D eigenvalue weighted by atomic mass is 9.86. The second kappa shape index (κ2) is 4.67. The summed E-state index contributed by atoms with van der Waals surface area (Å²) in [6.45, 7) is 7.35. The molecule has 0 spiro atoms. The summed E-state index contributed by atoms with van der Waals surface area (Å²) < 4.78 is 5.79. The van der Waals surface area contributed by atoms with Gasteiger partial charge in [-0.3, -0.25) is 0 Å². The number of nitrogens with one attached hydrogen (secondary N) is 1. The molecule has 2 aliphatic rings. The molecule has 1 aromatic heterocycles. The van der Waals surface area contributed by atoms with Gasteiger partial charge in [0.05, 0.1) is 12.3 Å². The molecule has 1 N–H and O–H groups in total. The molecule has 0 radical (unpaired) electrons. The molecule has 0 bridgehead atoms. The maximum absolute atomic E-state index is 5.79. The number of hydrogen-bond acceptors (Lipinski definition) is 4. The summed E-state index contributed by atoms with van der Waals surface area (Å²) in [6, 6.07) is 0. The quantitative estimate of drug-likeness (QED) is 0.834. The van der Waals surface area contributed by atoms with Gasteiger partial charge in [-0.2, -0.15) is 0 Å². The van der Waals surface area contributed by atoms with Crippen LogP contribution in [0.2, 0.25) is 0 Å². The summed E-state index contributed by atoms with van der Waals surface area (Å²) in [5.74, 6) is 1.45. The van der Waals surface area contributed by atoms with Gasteiger partial charge in [0.1, 0.15) is 11.1 Å². The number of thiazole rings is 1. The van der Waals surface area contributed by atoms with Crippen molar-refractivity contribution in [2.45, 2.75) is 38.7 Å². The maximum atomic E-state index is 5.79. The van der Waals surface area contributed by atoms with Crippen LogP contribution in [0.3, 0.4) is 0 Å². The smallest absolute Gasteiger partial charge is 0.123 e. The Morgan fingerprint density at radius 1 is 1.41 bits per heavy atom. The Hall–Kier alpha value is -0.450. The fraction of sp³-hybridized carbons (Fsp3) is 0.769. The van der Waals surface area contributed by atoms with E-state index in [-0.39, 0.29) is 6.10 Å². The first-order valence-electron chi connectivity index (χ1n) is 6.56. The summed E-state index contributed by atoms with van der Waals surface area (Å²) in [7, 11) is 0. The molecule has 3 unspecified atom stereocenters. The third-order valence-electron chi connectivity index (χ3n) is 3.69. The van der Waals surface area contributed by atoms with Crippen molar-refractivity contribution < 1.29 is 4.74 Å². The minimum absolute atomic E-state index is 0.182. The van der Waals surface area contributed by atoms with Crippen LogP contribution in [0.4, 0.5) is 0 Å². The molecule has 4 heteroatoms. The van der Waals surface area contributed by atoms with Crippen LogP contribution in [0.1, 0.15) is 47.9 Å². The number of rotatable bonds is 1. The number of aromatic nitrogens is 1. The highest BCUT2D eigenvalue weighted by molar-refractivity contribution is 7.11. The fourth-order valence-electron chi connectivity index (χ4n) is 2.90. The van der Waals surface area contributed by atoms with Gasteiger partial charge in [0.2, 0.25) is 0 Å². The summed E-state index contributed by atoms with van der Waals surface area (Å²) in [4.78, 5) is 6.34. The molecule has 94 valence electrons. The van der Waals surface area contributed by atoms with E-state index < -0.39 is 0 Å². The number of ether oxygens (including phenoxy) is 1. The average molecular weight is 252 g/mol. The summed E-state index contributed by atoms with van der Waals surface area (Å²) in [5.41, 5.74) is 1.34. The molecule has 1 aromatic rings. The van der Waals surface area contributed by atoms with E-state index in [0.717, 1.165) is 32.0 Å². The minimum atomic E-state index is 0.182. The number of morpholine rings is 1. The van der Waals surface area contributed by atoms with E-state index in [9.17, 15) is 0 Å². The molecule has 0 amide bonds. The monoisotopic (exact) mass is 252 g/mol. The van der Waals surface area contributed by atoms with Gasteiger partial charge in [-0.1, -0.05) is 13.8 Å². The first-order chi connectivity index (χ1) is 8.24. The van der Waals surface area contributed by atoms with Crippen molar-refractivity contribution in [2.24, 2.45) is 5.92 Å². The van der Waals surface area contributed by atoms with Crippen molar-refractivity contribution in [1.29, 1.82) is 0 Å². The van der Waals surface area contributed by atoms with Gasteiger partial charge in [0.25, 0.3) is 0 Å². The van der Waals surface area contributed by atoms with E-state index in [4.69, 9.17) is 9.72 Å². The standard InChI is InChI=1S/C13H20N2OS/c1-8-5-9(2)12-10(6-8)15-13(17-12)11-7-14-3-4-16-11/h8-9,11,14H,3-7H2,1-2H3. The van der Waals surface area contributed by atoms with Crippen LogP contribution in [0.15, 0.2) is 0 Å². The van der Waals surface area contributed by atoms with E-state index in [1.165, 1.54) is 22.0 Å². The molecular formula is C13H20N2OS. The van der Waals surface area contributed by atoms with E-state index in [0.29, 0.717) is 5.92 Å². The molecule has 3 rings (SSSR count). The Kier molecular flexibility index (Phi) is 3.19. The lowest BCUT2D eigenvalue weighted by Crippen LogP contribution is -2.33. The molecule has 3 nitrogen and oxygen atoms in total. The van der Waals surface area contributed by atoms with Crippen LogP contribution < -0.4 is 5.32 Å². The molecule has 0 aromatic carbocycles. The van der Waals surface area contributed by atoms with Crippen LogP contribution in [0, 0.1) is 5.92 Å². The van der Waals surface area contributed by atoms with Gasteiger partial charge in [0.15, 0.2) is 0 Å². The predicted molar refractivity (Wildman–Crippen MR) is 69.6 cm³/mol. The topological polar surface area (TPSA) is 34.2 Å². The second-order valence-electron chi connectivity index (χ2n) is 5.37. The summed E-state index contributed by atoms with van der Waals surface area (Å²) in [5, 5.41) is 4.56. The Morgan fingerprint density at radius 2 is 2.29 bits per heavy atom. The molecular weight excluding hydrogens is 232 g/mol. The third-order valence-corrected chi connectivity index (χ3v) is 5.11. The molecule has 1 aliphatic heterocycles. The normalized spacial score (nSPS) is 33.4.